The molecule has 3 aromatic rings. The molecule has 0 saturated heterocycles. The molecule has 2 aromatic carbocycles. The summed E-state index contributed by atoms with van der Waals surface area (Å²) in [6.45, 7) is 2.33. The highest BCUT2D eigenvalue weighted by Gasteiger charge is 2.16. The summed E-state index contributed by atoms with van der Waals surface area (Å²) < 4.78 is 33.1. The molecule has 0 amide bonds. The van der Waals surface area contributed by atoms with Crippen LogP contribution in [0.5, 0.6) is 0 Å². The van der Waals surface area contributed by atoms with Gasteiger partial charge in [0.05, 0.1) is 4.90 Å². The van der Waals surface area contributed by atoms with Gasteiger partial charge in [0.25, 0.3) is 5.22 Å². The molecule has 0 atom stereocenters. The lowest BCUT2D eigenvalue weighted by molar-refractivity contribution is 0.488. The van der Waals surface area contributed by atoms with Gasteiger partial charge in [0.1, 0.15) is 5.52 Å². The first-order valence-corrected chi connectivity index (χ1v) is 10.1. The number of aromatic nitrogens is 1. The monoisotopic (exact) mass is 362 g/mol. The quantitative estimate of drug-likeness (QED) is 0.647. The maximum Gasteiger partial charge on any atom is 0.256 e. The van der Waals surface area contributed by atoms with Crippen molar-refractivity contribution in [1.29, 1.82) is 0 Å². The fourth-order valence-electron chi connectivity index (χ4n) is 2.16. The number of nitrogens with zero attached hydrogens (tertiary/aromatic N) is 1. The predicted octanol–water partition coefficient (Wildman–Crippen LogP) is 3.81. The Balaban J connectivity index is 1.79. The molecule has 0 spiro atoms. The summed E-state index contributed by atoms with van der Waals surface area (Å²) in [4.78, 5) is 4.52. The number of thioether (sulfide) groups is 1. The van der Waals surface area contributed by atoms with Crippen LogP contribution in [0.1, 0.15) is 18.9 Å². The Morgan fingerprint density at radius 2 is 1.96 bits per heavy atom. The van der Waals surface area contributed by atoms with E-state index in [0.717, 1.165) is 17.7 Å². The molecule has 0 saturated carbocycles. The third-order valence-corrected chi connectivity index (χ3v) is 5.82. The normalized spacial score (nSPS) is 11.9. The number of benzene rings is 2. The molecule has 1 heterocycles. The van der Waals surface area contributed by atoms with Gasteiger partial charge < -0.3 is 4.42 Å². The predicted molar refractivity (Wildman–Crippen MR) is 95.5 cm³/mol. The minimum absolute atomic E-state index is 0.175. The van der Waals surface area contributed by atoms with E-state index >= 15 is 0 Å². The molecule has 0 fully saturated rings. The minimum Gasteiger partial charge on any atom is -0.431 e. The molecule has 126 valence electrons. The third kappa shape index (κ3) is 3.98. The van der Waals surface area contributed by atoms with E-state index in [0.29, 0.717) is 16.3 Å². The largest absolute Gasteiger partial charge is 0.431 e. The smallest absolute Gasteiger partial charge is 0.256 e. The number of hydrogen-bond donors (Lipinski definition) is 1. The number of rotatable bonds is 7. The molecule has 1 N–H and O–H groups in total. The number of nitrogens with one attached hydrogen (secondary N) is 1. The number of oxazole rings is 1. The van der Waals surface area contributed by atoms with Crippen LogP contribution in [0.3, 0.4) is 0 Å². The van der Waals surface area contributed by atoms with Gasteiger partial charge in [-0.3, -0.25) is 0 Å². The zero-order valence-electron chi connectivity index (χ0n) is 13.2. The number of sulfonamides is 1. The lowest BCUT2D eigenvalue weighted by atomic mass is 10.2. The third-order valence-electron chi connectivity index (χ3n) is 3.39. The van der Waals surface area contributed by atoms with Crippen LogP contribution >= 0.6 is 11.8 Å². The summed E-state index contributed by atoms with van der Waals surface area (Å²) in [5.74, 6) is 0.913. The van der Waals surface area contributed by atoms with Crippen LogP contribution in [0.15, 0.2) is 63.1 Å². The van der Waals surface area contributed by atoms with Gasteiger partial charge in [0.15, 0.2) is 5.58 Å². The molecule has 0 aliphatic rings. The maximum atomic E-state index is 12.4. The van der Waals surface area contributed by atoms with Gasteiger partial charge >= 0.3 is 0 Å². The fourth-order valence-corrected chi connectivity index (χ4v) is 3.88. The Morgan fingerprint density at radius 1 is 1.17 bits per heavy atom. The van der Waals surface area contributed by atoms with E-state index in [1.807, 2.05) is 30.3 Å². The Labute approximate surface area is 145 Å². The molecule has 0 aliphatic carbocycles. The van der Waals surface area contributed by atoms with E-state index < -0.39 is 10.0 Å². The molecule has 5 nitrogen and oxygen atoms in total. The van der Waals surface area contributed by atoms with Crippen molar-refractivity contribution in [2.75, 3.05) is 5.75 Å². The van der Waals surface area contributed by atoms with Crippen molar-refractivity contribution in [3.63, 3.8) is 0 Å². The van der Waals surface area contributed by atoms with Crippen LogP contribution in [0, 0.1) is 0 Å². The summed E-state index contributed by atoms with van der Waals surface area (Å²) in [5.41, 5.74) is 2.05. The van der Waals surface area contributed by atoms with Crippen LogP contribution in [-0.2, 0) is 16.6 Å². The van der Waals surface area contributed by atoms with Crippen molar-refractivity contribution >= 4 is 32.9 Å². The van der Waals surface area contributed by atoms with Crippen molar-refractivity contribution < 1.29 is 12.8 Å². The zero-order valence-corrected chi connectivity index (χ0v) is 14.9. The van der Waals surface area contributed by atoms with Gasteiger partial charge in [0.2, 0.25) is 10.0 Å². The number of fused-ring (bicyclic) bond motifs is 1. The molecule has 0 aliphatic heterocycles. The Kier molecular flexibility index (Phi) is 5.23. The average molecular weight is 362 g/mol. The summed E-state index contributed by atoms with van der Waals surface area (Å²) in [7, 11) is -3.60. The van der Waals surface area contributed by atoms with Crippen molar-refractivity contribution in [1.82, 2.24) is 9.71 Å². The first kappa shape index (κ1) is 17.0. The lowest BCUT2D eigenvalue weighted by Crippen LogP contribution is -2.23. The second-order valence-corrected chi connectivity index (χ2v) is 8.08. The highest BCUT2D eigenvalue weighted by atomic mass is 32.2. The zero-order chi connectivity index (χ0) is 17.0. The van der Waals surface area contributed by atoms with Gasteiger partial charge in [-0.15, -0.1) is 0 Å². The van der Waals surface area contributed by atoms with Crippen molar-refractivity contribution in [3.8, 4) is 0 Å². The molecule has 24 heavy (non-hydrogen) atoms. The van der Waals surface area contributed by atoms with Gasteiger partial charge in [-0.05, 0) is 24.1 Å². The summed E-state index contributed by atoms with van der Waals surface area (Å²) in [6.07, 6.45) is 1.02. The molecule has 3 rings (SSSR count). The topological polar surface area (TPSA) is 72.2 Å². The average Bonchev–Trinajstić information content (AvgIpc) is 3.01. The standard InChI is InChI=1S/C17H18N2O3S2/c1-2-10-23-17-19-15-9-8-14(11-16(15)22-17)24(20,21)18-12-13-6-4-3-5-7-13/h3-9,11,18H,2,10,12H2,1H3. The fraction of sp³-hybridized carbons (Fsp3) is 0.235. The minimum atomic E-state index is -3.60. The molecule has 1 aromatic heterocycles. The van der Waals surface area contributed by atoms with E-state index in [2.05, 4.69) is 16.6 Å². The van der Waals surface area contributed by atoms with E-state index in [1.54, 1.807) is 12.1 Å². The molecule has 0 bridgehead atoms. The Hall–Kier alpha value is -1.83. The van der Waals surface area contributed by atoms with Crippen LogP contribution in [0.4, 0.5) is 0 Å². The maximum absolute atomic E-state index is 12.4. The van der Waals surface area contributed by atoms with E-state index in [-0.39, 0.29) is 11.4 Å². The first-order chi connectivity index (χ1) is 11.6. The molecule has 0 unspecified atom stereocenters. The van der Waals surface area contributed by atoms with Crippen LogP contribution < -0.4 is 4.72 Å². The van der Waals surface area contributed by atoms with Gasteiger partial charge in [0, 0.05) is 18.4 Å². The SMILES string of the molecule is CCCSc1nc2ccc(S(=O)(=O)NCc3ccccc3)cc2o1. The van der Waals surface area contributed by atoms with E-state index in [1.165, 1.54) is 17.8 Å². The highest BCUT2D eigenvalue weighted by molar-refractivity contribution is 7.99. The van der Waals surface area contributed by atoms with E-state index in [9.17, 15) is 8.42 Å². The lowest BCUT2D eigenvalue weighted by Gasteiger charge is -2.06. The van der Waals surface area contributed by atoms with Crippen molar-refractivity contribution in [2.45, 2.75) is 30.0 Å². The van der Waals surface area contributed by atoms with Crippen molar-refractivity contribution in [3.05, 3.63) is 54.1 Å². The van der Waals surface area contributed by atoms with Gasteiger partial charge in [-0.2, -0.15) is 0 Å². The van der Waals surface area contributed by atoms with E-state index in [4.69, 9.17) is 4.42 Å². The molecular formula is C17H18N2O3S2. The van der Waals surface area contributed by atoms with Crippen LogP contribution in [0.2, 0.25) is 0 Å². The number of hydrogen-bond acceptors (Lipinski definition) is 5. The molecule has 0 radical (unpaired) electrons. The first-order valence-electron chi connectivity index (χ1n) is 7.65. The molecule has 7 heteroatoms. The second-order valence-electron chi connectivity index (χ2n) is 5.27. The summed E-state index contributed by atoms with van der Waals surface area (Å²) in [5, 5.41) is 0.568. The van der Waals surface area contributed by atoms with Gasteiger partial charge in [-0.1, -0.05) is 49.0 Å². The Morgan fingerprint density at radius 3 is 2.71 bits per heavy atom. The summed E-state index contributed by atoms with van der Waals surface area (Å²) in [6, 6.07) is 14.1. The molecular weight excluding hydrogens is 344 g/mol. The highest BCUT2D eigenvalue weighted by Crippen LogP contribution is 2.25. The van der Waals surface area contributed by atoms with Crippen LogP contribution in [0.25, 0.3) is 11.1 Å². The van der Waals surface area contributed by atoms with Gasteiger partial charge in [-0.25, -0.2) is 18.1 Å². The van der Waals surface area contributed by atoms with Crippen molar-refractivity contribution in [2.24, 2.45) is 0 Å². The second kappa shape index (κ2) is 7.38. The summed E-state index contributed by atoms with van der Waals surface area (Å²) >= 11 is 1.52. The van der Waals surface area contributed by atoms with Crippen LogP contribution in [-0.4, -0.2) is 19.2 Å². The Bertz CT molecular complexity index is 921.